The first-order valence-corrected chi connectivity index (χ1v) is 29.8. The second-order valence-corrected chi connectivity index (χ2v) is 23.7. The van der Waals surface area contributed by atoms with Gasteiger partial charge in [0, 0.05) is 78.8 Å². The smallest absolute Gasteiger partial charge is 0.153 e. The van der Waals surface area contributed by atoms with Gasteiger partial charge < -0.3 is 40.0 Å². The van der Waals surface area contributed by atoms with Crippen molar-refractivity contribution in [3.8, 4) is 67.5 Å². The summed E-state index contributed by atoms with van der Waals surface area (Å²) in [5, 5.41) is 48.4. The first-order valence-electron chi connectivity index (χ1n) is 29.8. The van der Waals surface area contributed by atoms with Crippen LogP contribution in [0.2, 0.25) is 0 Å². The van der Waals surface area contributed by atoms with Gasteiger partial charge in [-0.15, -0.1) is 0 Å². The van der Waals surface area contributed by atoms with Crippen LogP contribution in [0, 0.1) is 0 Å². The lowest BCUT2D eigenvalue weighted by Gasteiger charge is -2.41. The van der Waals surface area contributed by atoms with Gasteiger partial charge in [-0.3, -0.25) is 0 Å². The van der Waals surface area contributed by atoms with E-state index in [1.807, 2.05) is 140 Å². The Kier molecular flexibility index (Phi) is 15.1. The van der Waals surface area contributed by atoms with Crippen LogP contribution in [0.4, 0.5) is 22.7 Å². The first-order chi connectivity index (χ1) is 42.8. The van der Waals surface area contributed by atoms with E-state index >= 15 is 0 Å². The highest BCUT2D eigenvalue weighted by Gasteiger charge is 2.38. The molecule has 2 heterocycles. The van der Waals surface area contributed by atoms with Gasteiger partial charge in [0.15, 0.2) is 12.3 Å². The van der Waals surface area contributed by atoms with E-state index in [-0.39, 0.29) is 23.0 Å². The van der Waals surface area contributed by atoms with Gasteiger partial charge in [0.2, 0.25) is 0 Å². The molecule has 10 nitrogen and oxygen atoms in total. The summed E-state index contributed by atoms with van der Waals surface area (Å²) in [6, 6.07) is 89.4. The van der Waals surface area contributed by atoms with Crippen LogP contribution in [0.3, 0.4) is 0 Å². The van der Waals surface area contributed by atoms with Crippen molar-refractivity contribution in [1.82, 2.24) is 0 Å². The summed E-state index contributed by atoms with van der Waals surface area (Å²) in [6.07, 6.45) is 2.32. The molecule has 88 heavy (non-hydrogen) atoms. The number of hydrogen-bond acceptors (Lipinski definition) is 10. The predicted molar refractivity (Wildman–Crippen MR) is 360 cm³/mol. The molecule has 0 amide bonds. The monoisotopic (exact) mass is 1150 g/mol. The number of aromatic hydroxyl groups is 4. The molecule has 13 rings (SSSR count). The van der Waals surface area contributed by atoms with Crippen molar-refractivity contribution in [2.45, 2.75) is 50.9 Å². The third kappa shape index (κ3) is 10.6. The normalized spacial score (nSPS) is 15.2. The van der Waals surface area contributed by atoms with Gasteiger partial charge in [0.1, 0.15) is 23.0 Å². The van der Waals surface area contributed by atoms with E-state index in [4.69, 9.17) is 9.98 Å². The molecule has 0 spiro atoms. The molecule has 434 valence electrons. The van der Waals surface area contributed by atoms with E-state index < -0.39 is 23.2 Å². The molecule has 10 heteroatoms. The van der Waals surface area contributed by atoms with E-state index in [2.05, 4.69) is 175 Å². The number of phenols is 4. The SMILES string of the molecule is CC(C)(c1cccc(C(C)(C)c2cc(C3N=CN(c4ccccc4-c4ccccc4)CN3c3ccccc3-c3ccccc3)c(O)cc2O)c1)c1cc(C2N=CN(c3ccccc3-c3ccccc3)CN2c2ccccc2-c2ccccc2)c(O)cc1O. The number of aliphatic imine (C=N–C) groups is 2. The Morgan fingerprint density at radius 3 is 0.955 bits per heavy atom. The van der Waals surface area contributed by atoms with Gasteiger partial charge in [-0.05, 0) is 69.8 Å². The van der Waals surface area contributed by atoms with E-state index in [0.717, 1.165) is 78.4 Å². The highest BCUT2D eigenvalue weighted by molar-refractivity contribution is 5.93. The zero-order valence-electron chi connectivity index (χ0n) is 49.6. The van der Waals surface area contributed by atoms with Gasteiger partial charge in [-0.2, -0.15) is 0 Å². The number of nitrogens with zero attached hydrogens (tertiary/aromatic N) is 6. The maximum Gasteiger partial charge on any atom is 0.153 e. The third-order valence-electron chi connectivity index (χ3n) is 17.6. The summed E-state index contributed by atoms with van der Waals surface area (Å²) in [4.78, 5) is 19.3. The Hall–Kier alpha value is -10.8. The standard InChI is InChI=1S/C78H68N6O4/c1-77(2,65-45-63(71(85)47-73(65)87)75-79-49-81(67-40-21-17-36-59(67)53-26-9-5-10-27-53)51-83(75)69-42-23-19-38-61(69)55-30-13-7-14-31-55)57-34-25-35-58(44-57)78(3,4)66-46-64(72(86)48-74(66)88)76-80-50-82(68-41-22-18-37-60(68)54-28-11-6-12-29-54)52-84(76)70-43-24-20-39-62(70)56-32-15-8-16-33-56/h5-50,75-76,85-88H,51-52H2,1-4H3. The predicted octanol–water partition coefficient (Wildman–Crippen LogP) is 17.9. The van der Waals surface area contributed by atoms with Gasteiger partial charge in [0.25, 0.3) is 0 Å². The Balaban J connectivity index is 0.872. The van der Waals surface area contributed by atoms with Crippen LogP contribution in [0.1, 0.15) is 73.4 Å². The molecule has 0 aliphatic carbocycles. The number of anilines is 4. The van der Waals surface area contributed by atoms with E-state index in [0.29, 0.717) is 35.6 Å². The van der Waals surface area contributed by atoms with Gasteiger partial charge in [-0.1, -0.05) is 246 Å². The van der Waals surface area contributed by atoms with Crippen LogP contribution in [-0.2, 0) is 10.8 Å². The lowest BCUT2D eigenvalue weighted by Crippen LogP contribution is -2.44. The molecule has 0 bridgehead atoms. The average Bonchev–Trinajstić information content (AvgIpc) is 1.19. The van der Waals surface area contributed by atoms with Gasteiger partial charge >= 0.3 is 0 Å². The maximum atomic E-state index is 12.1. The number of hydrogen-bond donors (Lipinski definition) is 4. The minimum absolute atomic E-state index is 0.0558. The zero-order chi connectivity index (χ0) is 60.5. The molecule has 0 radical (unpaired) electrons. The van der Waals surface area contributed by atoms with Crippen molar-refractivity contribution in [2.75, 3.05) is 32.9 Å². The molecule has 0 saturated carbocycles. The Morgan fingerprint density at radius 1 is 0.318 bits per heavy atom. The fourth-order valence-corrected chi connectivity index (χ4v) is 12.7. The second-order valence-electron chi connectivity index (χ2n) is 23.7. The quantitative estimate of drug-likeness (QED) is 0.0850. The average molecular weight is 1150 g/mol. The Labute approximate surface area is 514 Å². The lowest BCUT2D eigenvalue weighted by atomic mass is 9.72. The number of rotatable bonds is 14. The van der Waals surface area contributed by atoms with Crippen molar-refractivity contribution < 1.29 is 20.4 Å². The van der Waals surface area contributed by atoms with E-state index in [1.165, 1.54) is 12.1 Å². The van der Waals surface area contributed by atoms with Crippen LogP contribution in [-0.4, -0.2) is 46.4 Å². The summed E-state index contributed by atoms with van der Waals surface area (Å²) in [6.45, 7) is 9.07. The number of para-hydroxylation sites is 4. The highest BCUT2D eigenvalue weighted by atomic mass is 16.3. The van der Waals surface area contributed by atoms with Crippen molar-refractivity contribution in [2.24, 2.45) is 9.98 Å². The molecular weight excluding hydrogens is 1080 g/mol. The van der Waals surface area contributed by atoms with Crippen LogP contribution in [0.15, 0.2) is 277 Å². The highest BCUT2D eigenvalue weighted by Crippen LogP contribution is 2.50. The first kappa shape index (κ1) is 56.3. The molecule has 4 N–H and O–H groups in total. The fraction of sp³-hybridized carbons (Fsp3) is 0.128. The molecule has 11 aromatic carbocycles. The molecule has 0 aromatic heterocycles. The molecule has 2 aliphatic rings. The zero-order valence-corrected chi connectivity index (χ0v) is 49.6. The molecular formula is C78H68N6O4. The summed E-state index contributed by atoms with van der Waals surface area (Å²) in [5.74, 6) is -0.274. The van der Waals surface area contributed by atoms with Crippen LogP contribution in [0.25, 0.3) is 44.5 Å². The summed E-state index contributed by atoms with van der Waals surface area (Å²) in [7, 11) is 0. The molecule has 11 aromatic rings. The molecule has 2 aliphatic heterocycles. The maximum absolute atomic E-state index is 12.1. The second kappa shape index (κ2) is 23.6. The Bertz CT molecular complexity index is 4100. The van der Waals surface area contributed by atoms with E-state index in [1.54, 1.807) is 0 Å². The molecule has 0 fully saturated rings. The summed E-state index contributed by atoms with van der Waals surface area (Å²) >= 11 is 0. The lowest BCUT2D eigenvalue weighted by molar-refractivity contribution is 0.427. The van der Waals surface area contributed by atoms with Crippen molar-refractivity contribution in [3.05, 3.63) is 300 Å². The van der Waals surface area contributed by atoms with Gasteiger partial charge in [-0.25, -0.2) is 9.98 Å². The fourth-order valence-electron chi connectivity index (χ4n) is 12.7. The van der Waals surface area contributed by atoms with Crippen LogP contribution >= 0.6 is 0 Å². The minimum Gasteiger partial charge on any atom is -0.507 e. The molecule has 2 unspecified atom stereocenters. The van der Waals surface area contributed by atoms with Crippen molar-refractivity contribution in [1.29, 1.82) is 0 Å². The number of phenolic OH excluding ortho intramolecular Hbond substituents is 4. The molecule has 0 saturated heterocycles. The Morgan fingerprint density at radius 2 is 0.614 bits per heavy atom. The third-order valence-corrected chi connectivity index (χ3v) is 17.6. The minimum atomic E-state index is -0.846. The van der Waals surface area contributed by atoms with Crippen LogP contribution in [0.5, 0.6) is 23.0 Å². The number of benzene rings is 11. The largest absolute Gasteiger partial charge is 0.507 e. The summed E-state index contributed by atoms with van der Waals surface area (Å²) in [5.41, 5.74) is 14.6. The van der Waals surface area contributed by atoms with Crippen LogP contribution < -0.4 is 19.6 Å². The van der Waals surface area contributed by atoms with Gasteiger partial charge in [0.05, 0.1) is 37.4 Å². The van der Waals surface area contributed by atoms with E-state index in [9.17, 15) is 20.4 Å². The van der Waals surface area contributed by atoms with Crippen molar-refractivity contribution in [3.63, 3.8) is 0 Å². The summed E-state index contributed by atoms with van der Waals surface area (Å²) < 4.78 is 0. The van der Waals surface area contributed by atoms with Crippen molar-refractivity contribution >= 4 is 35.4 Å². The molecule has 2 atom stereocenters. The topological polar surface area (TPSA) is 119 Å².